The number of rotatable bonds is 3. The molecule has 0 aliphatic rings. The number of hydrogen-bond donors (Lipinski definition) is 2. The zero-order chi connectivity index (χ0) is 11.2. The zero-order valence-corrected chi connectivity index (χ0v) is 10.1. The van der Waals surface area contributed by atoms with Crippen molar-refractivity contribution in [3.8, 4) is 0 Å². The number of thioether (sulfide) groups is 1. The third-order valence-electron chi connectivity index (χ3n) is 1.50. The van der Waals surface area contributed by atoms with Crippen molar-refractivity contribution in [3.63, 3.8) is 0 Å². The van der Waals surface area contributed by atoms with Crippen molar-refractivity contribution in [3.05, 3.63) is 11.1 Å². The summed E-state index contributed by atoms with van der Waals surface area (Å²) >= 11 is 1.56. The lowest BCUT2D eigenvalue weighted by molar-refractivity contribution is 0.0975. The third kappa shape index (κ3) is 5.01. The zero-order valence-electron chi connectivity index (χ0n) is 9.30. The van der Waals surface area contributed by atoms with E-state index in [1.54, 1.807) is 11.8 Å². The van der Waals surface area contributed by atoms with Gasteiger partial charge in [0.05, 0.1) is 5.70 Å². The second-order valence-electron chi connectivity index (χ2n) is 3.76. The van der Waals surface area contributed by atoms with E-state index in [4.69, 9.17) is 4.84 Å². The Hall–Kier alpha value is -0.840. The van der Waals surface area contributed by atoms with Crippen molar-refractivity contribution in [1.82, 2.24) is 10.8 Å². The summed E-state index contributed by atoms with van der Waals surface area (Å²) in [6.45, 7) is 6.11. The molecule has 0 heterocycles. The second kappa shape index (κ2) is 5.80. The van der Waals surface area contributed by atoms with E-state index in [-0.39, 0.29) is 5.41 Å². The molecule has 0 spiro atoms. The first-order chi connectivity index (χ1) is 6.41. The molecule has 4 nitrogen and oxygen atoms in total. The minimum atomic E-state index is -0.499. The van der Waals surface area contributed by atoms with E-state index in [9.17, 15) is 4.79 Å². The molecular weight excluding hydrogens is 200 g/mol. The van der Waals surface area contributed by atoms with Gasteiger partial charge in [0, 0.05) is 12.5 Å². The number of hydroxylamine groups is 1. The first-order valence-corrected chi connectivity index (χ1v) is 5.58. The maximum absolute atomic E-state index is 10.8. The molecule has 0 atom stereocenters. The van der Waals surface area contributed by atoms with E-state index in [1.807, 2.05) is 32.4 Å². The van der Waals surface area contributed by atoms with Crippen molar-refractivity contribution >= 4 is 17.9 Å². The van der Waals surface area contributed by atoms with Crippen LogP contribution in [0.4, 0.5) is 4.79 Å². The minimum absolute atomic E-state index is 0.0724. The molecule has 5 heteroatoms. The molecule has 14 heavy (non-hydrogen) atoms. The minimum Gasteiger partial charge on any atom is -0.325 e. The van der Waals surface area contributed by atoms with E-state index in [2.05, 4.69) is 10.8 Å². The van der Waals surface area contributed by atoms with Crippen LogP contribution in [0, 0.1) is 5.41 Å². The van der Waals surface area contributed by atoms with Gasteiger partial charge in [0.2, 0.25) is 0 Å². The van der Waals surface area contributed by atoms with Crippen molar-refractivity contribution < 1.29 is 9.63 Å². The molecule has 82 valence electrons. The first kappa shape index (κ1) is 13.2. The maximum Gasteiger partial charge on any atom is 0.431 e. The van der Waals surface area contributed by atoms with Gasteiger partial charge in [-0.2, -0.15) is 0 Å². The predicted octanol–water partition coefficient (Wildman–Crippen LogP) is 2.10. The van der Waals surface area contributed by atoms with Gasteiger partial charge in [-0.1, -0.05) is 20.8 Å². The molecule has 0 aliphatic carbocycles. The van der Waals surface area contributed by atoms with Gasteiger partial charge in [-0.3, -0.25) is 0 Å². The Bertz CT molecular complexity index is 221. The van der Waals surface area contributed by atoms with Gasteiger partial charge in [0.1, 0.15) is 0 Å². The van der Waals surface area contributed by atoms with Crippen LogP contribution >= 0.6 is 11.8 Å². The van der Waals surface area contributed by atoms with Crippen LogP contribution in [-0.2, 0) is 4.84 Å². The Kier molecular flexibility index (Phi) is 5.45. The fourth-order valence-corrected chi connectivity index (χ4v) is 1.26. The number of amides is 1. The van der Waals surface area contributed by atoms with Crippen LogP contribution < -0.4 is 10.8 Å². The van der Waals surface area contributed by atoms with Crippen molar-refractivity contribution in [2.75, 3.05) is 13.3 Å². The van der Waals surface area contributed by atoms with Crippen LogP contribution in [0.15, 0.2) is 11.1 Å². The molecule has 0 fully saturated rings. The molecule has 0 aromatic heterocycles. The fourth-order valence-electron chi connectivity index (χ4n) is 0.624. The summed E-state index contributed by atoms with van der Waals surface area (Å²) < 4.78 is 0. The number of hydrogen-bond acceptors (Lipinski definition) is 4. The number of nitrogens with one attached hydrogen (secondary N) is 2. The Morgan fingerprint density at radius 1 is 1.43 bits per heavy atom. The summed E-state index contributed by atoms with van der Waals surface area (Å²) in [6, 6.07) is 0. The highest BCUT2D eigenvalue weighted by atomic mass is 32.2. The lowest BCUT2D eigenvalue weighted by Crippen LogP contribution is -2.31. The lowest BCUT2D eigenvalue weighted by Gasteiger charge is -2.22. The van der Waals surface area contributed by atoms with Crippen LogP contribution in [0.5, 0.6) is 0 Å². The Balaban J connectivity index is 4.27. The van der Waals surface area contributed by atoms with Crippen molar-refractivity contribution in [2.45, 2.75) is 20.8 Å². The molecule has 1 amide bonds. The summed E-state index contributed by atoms with van der Waals surface area (Å²) in [5.41, 5.74) is 3.44. The highest BCUT2D eigenvalue weighted by molar-refractivity contribution is 8.01. The second-order valence-corrected chi connectivity index (χ2v) is 4.47. The smallest absolute Gasteiger partial charge is 0.325 e. The van der Waals surface area contributed by atoms with Crippen LogP contribution in [0.2, 0.25) is 0 Å². The van der Waals surface area contributed by atoms with Gasteiger partial charge in [-0.15, -0.1) is 11.8 Å². The van der Waals surface area contributed by atoms with Crippen molar-refractivity contribution in [1.29, 1.82) is 0 Å². The van der Waals surface area contributed by atoms with Gasteiger partial charge in [0.15, 0.2) is 0 Å². The van der Waals surface area contributed by atoms with Gasteiger partial charge in [-0.25, -0.2) is 10.3 Å². The summed E-state index contributed by atoms with van der Waals surface area (Å²) in [5.74, 6) is 0. The predicted molar refractivity (Wildman–Crippen MR) is 59.7 cm³/mol. The molecule has 0 aromatic rings. The van der Waals surface area contributed by atoms with E-state index < -0.39 is 6.09 Å². The molecule has 0 bridgehead atoms. The SMILES string of the molecule is CNC(=O)ON/C(=C\SC)C(C)(C)C. The Morgan fingerprint density at radius 2 is 2.00 bits per heavy atom. The summed E-state index contributed by atoms with van der Waals surface area (Å²) in [6.07, 6.45) is 1.45. The molecule has 2 N–H and O–H groups in total. The monoisotopic (exact) mass is 218 g/mol. The highest BCUT2D eigenvalue weighted by Crippen LogP contribution is 2.24. The molecule has 0 saturated carbocycles. The van der Waals surface area contributed by atoms with Gasteiger partial charge < -0.3 is 10.2 Å². The molecule has 0 radical (unpaired) electrons. The summed E-state index contributed by atoms with van der Waals surface area (Å²) in [5, 5.41) is 4.28. The van der Waals surface area contributed by atoms with E-state index >= 15 is 0 Å². The van der Waals surface area contributed by atoms with E-state index in [0.29, 0.717) is 0 Å². The lowest BCUT2D eigenvalue weighted by atomic mass is 9.93. The number of carbonyl (C=O) groups excluding carboxylic acids is 1. The van der Waals surface area contributed by atoms with Crippen LogP contribution in [0.25, 0.3) is 0 Å². The standard InChI is InChI=1S/C9H18N2O2S/c1-9(2,3)7(6-14-5)11-13-8(12)10-4/h6,11H,1-5H3,(H,10,12)/b7-6-. The maximum atomic E-state index is 10.8. The van der Waals surface area contributed by atoms with Crippen LogP contribution in [-0.4, -0.2) is 19.4 Å². The molecule has 0 unspecified atom stereocenters. The van der Waals surface area contributed by atoms with Gasteiger partial charge in [-0.05, 0) is 11.7 Å². The van der Waals surface area contributed by atoms with Crippen LogP contribution in [0.3, 0.4) is 0 Å². The first-order valence-electron chi connectivity index (χ1n) is 4.29. The van der Waals surface area contributed by atoms with Gasteiger partial charge in [0.25, 0.3) is 0 Å². The largest absolute Gasteiger partial charge is 0.431 e. The average molecular weight is 218 g/mol. The van der Waals surface area contributed by atoms with E-state index in [1.165, 1.54) is 7.05 Å². The van der Waals surface area contributed by atoms with Crippen molar-refractivity contribution in [2.24, 2.45) is 5.41 Å². The Labute approximate surface area is 89.4 Å². The van der Waals surface area contributed by atoms with Crippen LogP contribution in [0.1, 0.15) is 20.8 Å². The summed E-state index contributed by atoms with van der Waals surface area (Å²) in [4.78, 5) is 15.6. The Morgan fingerprint density at radius 3 is 2.36 bits per heavy atom. The number of carbonyl (C=O) groups is 1. The highest BCUT2D eigenvalue weighted by Gasteiger charge is 2.18. The normalized spacial score (nSPS) is 12.2. The molecule has 0 saturated heterocycles. The topological polar surface area (TPSA) is 50.4 Å². The quantitative estimate of drug-likeness (QED) is 0.712. The molecule has 0 rings (SSSR count). The fraction of sp³-hybridized carbons (Fsp3) is 0.667. The molecular formula is C9H18N2O2S. The molecule has 0 aromatic carbocycles. The number of allylic oxidation sites excluding steroid dienone is 1. The average Bonchev–Trinajstić information content (AvgIpc) is 2.09. The molecule has 0 aliphatic heterocycles. The third-order valence-corrected chi connectivity index (χ3v) is 1.97. The van der Waals surface area contributed by atoms with Gasteiger partial charge >= 0.3 is 6.09 Å². The van der Waals surface area contributed by atoms with E-state index in [0.717, 1.165) is 5.70 Å². The summed E-state index contributed by atoms with van der Waals surface area (Å²) in [7, 11) is 1.51.